The van der Waals surface area contributed by atoms with Crippen LogP contribution in [0.1, 0.15) is 11.1 Å². The molecule has 0 aliphatic rings. The maximum atomic E-state index is 10.2. The van der Waals surface area contributed by atoms with Gasteiger partial charge < -0.3 is 10.2 Å². The third-order valence-electron chi connectivity index (χ3n) is 4.74. The molecule has 0 aliphatic carbocycles. The molecule has 0 saturated carbocycles. The molecule has 0 fully saturated rings. The lowest BCUT2D eigenvalue weighted by molar-refractivity contribution is 0.442. The van der Waals surface area contributed by atoms with Gasteiger partial charge in [-0.15, -0.1) is 0 Å². The van der Waals surface area contributed by atoms with Gasteiger partial charge in [-0.1, -0.05) is 58.4 Å². The summed E-state index contributed by atoms with van der Waals surface area (Å²) >= 11 is 3.46. The summed E-state index contributed by atoms with van der Waals surface area (Å²) in [6.07, 6.45) is 1.46. The van der Waals surface area contributed by atoms with Gasteiger partial charge in [0, 0.05) is 26.7 Å². The van der Waals surface area contributed by atoms with E-state index in [0.717, 1.165) is 27.0 Å². The molecule has 0 radical (unpaired) electrons. The van der Waals surface area contributed by atoms with E-state index >= 15 is 0 Å². The molecule has 0 bridgehead atoms. The lowest BCUT2D eigenvalue weighted by Gasteiger charge is -2.09. The van der Waals surface area contributed by atoms with Crippen LogP contribution in [0.2, 0.25) is 0 Å². The largest absolute Gasteiger partial charge is 0.508 e. The number of hydrazone groups is 1. The van der Waals surface area contributed by atoms with Gasteiger partial charge in [-0.05, 0) is 37.3 Å². The lowest BCUT2D eigenvalue weighted by Crippen LogP contribution is -2.00. The molecule has 0 unspecified atom stereocenters. The van der Waals surface area contributed by atoms with E-state index in [4.69, 9.17) is 0 Å². The summed E-state index contributed by atoms with van der Waals surface area (Å²) in [6.45, 7) is 1.63. The van der Waals surface area contributed by atoms with Crippen LogP contribution in [-0.2, 0) is 0 Å². The Labute approximate surface area is 188 Å². The first-order valence-electron chi connectivity index (χ1n) is 9.52. The van der Waals surface area contributed by atoms with E-state index in [0.29, 0.717) is 17.1 Å². The molecule has 1 aromatic heterocycles. The van der Waals surface area contributed by atoms with Crippen molar-refractivity contribution in [3.8, 4) is 34.0 Å². The Bertz CT molecular complexity index is 1240. The van der Waals surface area contributed by atoms with Crippen LogP contribution < -0.4 is 5.43 Å². The number of hydrogen-bond donors (Lipinski definition) is 3. The monoisotopic (exact) mass is 474 g/mol. The molecule has 3 aromatic carbocycles. The number of hydrogen-bond acceptors (Lipinski definition) is 6. The fraction of sp³-hybridized carbons (Fsp3) is 0.0417. The molecule has 0 saturated heterocycles. The predicted molar refractivity (Wildman–Crippen MR) is 126 cm³/mol. The molecule has 31 heavy (non-hydrogen) atoms. The highest BCUT2D eigenvalue weighted by Crippen LogP contribution is 2.29. The molecule has 0 amide bonds. The SMILES string of the molecule is Cc1c(O)ccc(/C=N/Nc2nc(-c3ccccc3)cc(-c3ccc(Br)cc3)n2)c1O. The summed E-state index contributed by atoms with van der Waals surface area (Å²) in [7, 11) is 0. The maximum absolute atomic E-state index is 10.2. The van der Waals surface area contributed by atoms with Crippen LogP contribution in [0.25, 0.3) is 22.5 Å². The Morgan fingerprint density at radius 3 is 2.19 bits per heavy atom. The summed E-state index contributed by atoms with van der Waals surface area (Å²) in [5.41, 5.74) is 7.13. The van der Waals surface area contributed by atoms with E-state index in [1.54, 1.807) is 13.0 Å². The second kappa shape index (κ2) is 8.97. The van der Waals surface area contributed by atoms with E-state index in [9.17, 15) is 10.2 Å². The Hall–Kier alpha value is -3.71. The van der Waals surface area contributed by atoms with Gasteiger partial charge in [0.2, 0.25) is 5.95 Å². The molecular formula is C24H19BrN4O2. The standard InChI is InChI=1S/C24H19BrN4O2/c1-15-22(30)12-9-18(23(15)31)14-26-29-24-27-20(16-5-3-2-4-6-16)13-21(28-24)17-7-10-19(25)11-8-17/h2-14,30-31H,1H3,(H,27,28,29)/b26-14+. The van der Waals surface area contributed by atoms with Gasteiger partial charge in [-0.2, -0.15) is 5.10 Å². The van der Waals surface area contributed by atoms with E-state index in [-0.39, 0.29) is 11.5 Å². The normalized spacial score (nSPS) is 11.0. The summed E-state index contributed by atoms with van der Waals surface area (Å²) in [4.78, 5) is 9.17. The first-order valence-corrected chi connectivity index (χ1v) is 10.3. The number of nitrogens with one attached hydrogen (secondary N) is 1. The Balaban J connectivity index is 1.69. The average molecular weight is 475 g/mol. The fourth-order valence-corrected chi connectivity index (χ4v) is 3.26. The number of phenolic OH excluding ortho intramolecular Hbond substituents is 2. The van der Waals surface area contributed by atoms with Gasteiger partial charge in [0.05, 0.1) is 17.6 Å². The lowest BCUT2D eigenvalue weighted by atomic mass is 10.1. The Morgan fingerprint density at radius 2 is 1.52 bits per heavy atom. The van der Waals surface area contributed by atoms with Crippen molar-refractivity contribution < 1.29 is 10.2 Å². The maximum Gasteiger partial charge on any atom is 0.244 e. The first-order chi connectivity index (χ1) is 15.0. The molecule has 7 heteroatoms. The fourth-order valence-electron chi connectivity index (χ4n) is 3.00. The molecule has 154 valence electrons. The summed E-state index contributed by atoms with van der Waals surface area (Å²) in [5.74, 6) is 0.325. The quantitative estimate of drug-likeness (QED) is 0.253. The molecule has 6 nitrogen and oxygen atoms in total. The van der Waals surface area contributed by atoms with Gasteiger partial charge in [-0.25, -0.2) is 15.4 Å². The number of nitrogens with zero attached hydrogens (tertiary/aromatic N) is 3. The first kappa shape index (κ1) is 20.6. The van der Waals surface area contributed by atoms with E-state index in [1.165, 1.54) is 12.3 Å². The van der Waals surface area contributed by atoms with Gasteiger partial charge in [-0.3, -0.25) is 0 Å². The van der Waals surface area contributed by atoms with Gasteiger partial charge in [0.1, 0.15) is 11.5 Å². The molecule has 4 rings (SSSR count). The highest BCUT2D eigenvalue weighted by molar-refractivity contribution is 9.10. The van der Waals surface area contributed by atoms with Crippen molar-refractivity contribution in [1.82, 2.24) is 9.97 Å². The summed E-state index contributed by atoms with van der Waals surface area (Å²) in [5, 5.41) is 24.0. The van der Waals surface area contributed by atoms with E-state index in [1.807, 2.05) is 60.7 Å². The zero-order chi connectivity index (χ0) is 21.8. The van der Waals surface area contributed by atoms with Crippen LogP contribution >= 0.6 is 15.9 Å². The van der Waals surface area contributed by atoms with Crippen molar-refractivity contribution >= 4 is 28.1 Å². The number of rotatable bonds is 5. The van der Waals surface area contributed by atoms with Crippen LogP contribution in [-0.4, -0.2) is 26.4 Å². The van der Waals surface area contributed by atoms with Gasteiger partial charge in [0.15, 0.2) is 0 Å². The number of aromatic hydroxyl groups is 2. The second-order valence-electron chi connectivity index (χ2n) is 6.85. The summed E-state index contributed by atoms with van der Waals surface area (Å²) < 4.78 is 0.987. The molecule has 0 aliphatic heterocycles. The molecule has 0 spiro atoms. The number of aromatic nitrogens is 2. The highest BCUT2D eigenvalue weighted by atomic mass is 79.9. The Morgan fingerprint density at radius 1 is 0.871 bits per heavy atom. The van der Waals surface area contributed by atoms with Crippen LogP contribution in [0.15, 0.2) is 82.4 Å². The number of benzene rings is 3. The third kappa shape index (κ3) is 4.73. The van der Waals surface area contributed by atoms with Crippen molar-refractivity contribution in [3.05, 3.63) is 88.4 Å². The van der Waals surface area contributed by atoms with Crippen LogP contribution in [0.3, 0.4) is 0 Å². The zero-order valence-corrected chi connectivity index (χ0v) is 18.2. The summed E-state index contributed by atoms with van der Waals surface area (Å²) in [6, 6.07) is 22.7. The van der Waals surface area contributed by atoms with Gasteiger partial charge in [0.25, 0.3) is 0 Å². The topological polar surface area (TPSA) is 90.6 Å². The Kier molecular flexibility index (Phi) is 5.95. The number of anilines is 1. The zero-order valence-electron chi connectivity index (χ0n) is 16.6. The van der Waals surface area contributed by atoms with Crippen molar-refractivity contribution in [2.75, 3.05) is 5.43 Å². The van der Waals surface area contributed by atoms with Crippen LogP contribution in [0, 0.1) is 6.92 Å². The van der Waals surface area contributed by atoms with Crippen LogP contribution in [0.4, 0.5) is 5.95 Å². The molecule has 1 heterocycles. The van der Waals surface area contributed by atoms with Gasteiger partial charge >= 0.3 is 0 Å². The van der Waals surface area contributed by atoms with E-state index in [2.05, 4.69) is 36.4 Å². The molecule has 0 atom stereocenters. The minimum absolute atomic E-state index is 0.0277. The predicted octanol–water partition coefficient (Wildman–Crippen LogP) is 5.74. The van der Waals surface area contributed by atoms with Crippen molar-refractivity contribution in [3.63, 3.8) is 0 Å². The van der Waals surface area contributed by atoms with Crippen molar-refractivity contribution in [2.24, 2.45) is 5.10 Å². The van der Waals surface area contributed by atoms with E-state index < -0.39 is 0 Å². The minimum Gasteiger partial charge on any atom is -0.508 e. The second-order valence-corrected chi connectivity index (χ2v) is 7.77. The molecule has 3 N–H and O–H groups in total. The minimum atomic E-state index is -0.0277. The third-order valence-corrected chi connectivity index (χ3v) is 5.27. The number of halogens is 1. The molecular weight excluding hydrogens is 456 g/mol. The highest BCUT2D eigenvalue weighted by Gasteiger charge is 2.09. The average Bonchev–Trinajstić information content (AvgIpc) is 2.80. The van der Waals surface area contributed by atoms with Crippen molar-refractivity contribution in [1.29, 1.82) is 0 Å². The number of phenols is 2. The molecule has 4 aromatic rings. The van der Waals surface area contributed by atoms with Crippen LogP contribution in [0.5, 0.6) is 11.5 Å². The van der Waals surface area contributed by atoms with Crippen molar-refractivity contribution in [2.45, 2.75) is 6.92 Å². The smallest absolute Gasteiger partial charge is 0.244 e.